The summed E-state index contributed by atoms with van der Waals surface area (Å²) in [5.41, 5.74) is 3.41. The minimum Gasteiger partial charge on any atom is -0.497 e. The van der Waals surface area contributed by atoms with Crippen LogP contribution in [0.5, 0.6) is 5.75 Å². The van der Waals surface area contributed by atoms with Crippen LogP contribution in [-0.2, 0) is 12.3 Å². The molecular formula is C28H23FN4O2S2. The second-order valence-corrected chi connectivity index (χ2v) is 10.0. The van der Waals surface area contributed by atoms with E-state index in [2.05, 4.69) is 15.5 Å². The normalized spacial score (nSPS) is 10.9. The fraction of sp³-hybridized carbons (Fsp3) is 0.107. The SMILES string of the molecule is COc1ccc(-n2c(SCc3ccc(C(=O)NCc4ccc(F)cc4)cc3)nnc2-c2cccs2)cc1. The van der Waals surface area contributed by atoms with Gasteiger partial charge < -0.3 is 10.1 Å². The highest BCUT2D eigenvalue weighted by Crippen LogP contribution is 2.32. The average molecular weight is 531 g/mol. The van der Waals surface area contributed by atoms with Crippen molar-refractivity contribution >= 4 is 29.0 Å². The number of hydrogen-bond acceptors (Lipinski definition) is 6. The lowest BCUT2D eigenvalue weighted by molar-refractivity contribution is 0.0951. The molecule has 5 rings (SSSR count). The van der Waals surface area contributed by atoms with Crippen molar-refractivity contribution in [3.8, 4) is 22.1 Å². The molecule has 0 atom stereocenters. The van der Waals surface area contributed by atoms with E-state index in [1.807, 2.05) is 58.5 Å². The van der Waals surface area contributed by atoms with Crippen LogP contribution in [0.15, 0.2) is 95.5 Å². The molecule has 0 saturated heterocycles. The first kappa shape index (κ1) is 24.7. The standard InChI is InChI=1S/C28H23FN4O2S2/c1-35-24-14-12-23(13-15-24)33-26(25-3-2-16-36-25)31-32-28(33)37-18-20-4-8-21(9-5-20)27(34)30-17-19-6-10-22(29)11-7-19/h2-16H,17-18H2,1H3,(H,30,34). The lowest BCUT2D eigenvalue weighted by Crippen LogP contribution is -2.22. The number of rotatable bonds is 9. The molecule has 6 nitrogen and oxygen atoms in total. The number of carbonyl (C=O) groups is 1. The van der Waals surface area contributed by atoms with E-state index in [0.717, 1.165) is 38.4 Å². The van der Waals surface area contributed by atoms with Crippen LogP contribution in [0.4, 0.5) is 4.39 Å². The van der Waals surface area contributed by atoms with E-state index in [0.29, 0.717) is 17.9 Å². The summed E-state index contributed by atoms with van der Waals surface area (Å²) in [7, 11) is 1.65. The van der Waals surface area contributed by atoms with E-state index in [1.165, 1.54) is 12.1 Å². The van der Waals surface area contributed by atoms with Crippen molar-refractivity contribution in [1.82, 2.24) is 20.1 Å². The minimum atomic E-state index is -0.298. The molecule has 0 fully saturated rings. The van der Waals surface area contributed by atoms with E-state index in [4.69, 9.17) is 4.74 Å². The fourth-order valence-corrected chi connectivity index (χ4v) is 5.29. The van der Waals surface area contributed by atoms with Crippen molar-refractivity contribution in [2.75, 3.05) is 7.11 Å². The number of carbonyl (C=O) groups excluding carboxylic acids is 1. The van der Waals surface area contributed by atoms with Crippen LogP contribution < -0.4 is 10.1 Å². The average Bonchev–Trinajstić information content (AvgIpc) is 3.62. The molecule has 5 aromatic rings. The summed E-state index contributed by atoms with van der Waals surface area (Å²) in [6.07, 6.45) is 0. The molecule has 0 aliphatic carbocycles. The number of nitrogens with one attached hydrogen (secondary N) is 1. The zero-order valence-electron chi connectivity index (χ0n) is 19.9. The zero-order chi connectivity index (χ0) is 25.6. The Labute approximate surface area is 222 Å². The molecule has 0 aliphatic rings. The largest absolute Gasteiger partial charge is 0.497 e. The number of halogens is 1. The lowest BCUT2D eigenvalue weighted by Gasteiger charge is -2.11. The van der Waals surface area contributed by atoms with Crippen molar-refractivity contribution in [3.63, 3.8) is 0 Å². The van der Waals surface area contributed by atoms with E-state index in [-0.39, 0.29) is 11.7 Å². The van der Waals surface area contributed by atoms with E-state index in [1.54, 1.807) is 54.5 Å². The Bertz CT molecular complexity index is 1470. The van der Waals surface area contributed by atoms with Crippen LogP contribution in [0.1, 0.15) is 21.5 Å². The highest BCUT2D eigenvalue weighted by Gasteiger charge is 2.17. The van der Waals surface area contributed by atoms with Crippen molar-refractivity contribution in [1.29, 1.82) is 0 Å². The maximum atomic E-state index is 13.1. The number of nitrogens with zero attached hydrogens (tertiary/aromatic N) is 3. The van der Waals surface area contributed by atoms with Gasteiger partial charge in [-0.25, -0.2) is 4.39 Å². The highest BCUT2D eigenvalue weighted by atomic mass is 32.2. The van der Waals surface area contributed by atoms with Crippen LogP contribution in [0.2, 0.25) is 0 Å². The lowest BCUT2D eigenvalue weighted by atomic mass is 10.1. The molecule has 9 heteroatoms. The molecule has 1 N–H and O–H groups in total. The van der Waals surface area contributed by atoms with Gasteiger partial charge in [0.25, 0.3) is 5.91 Å². The third-order valence-electron chi connectivity index (χ3n) is 5.66. The second kappa shape index (κ2) is 11.4. The number of methoxy groups -OCH3 is 1. The summed E-state index contributed by atoms with van der Waals surface area (Å²) in [6, 6.07) is 25.4. The van der Waals surface area contributed by atoms with Gasteiger partial charge in [-0.2, -0.15) is 0 Å². The third kappa shape index (κ3) is 5.90. The highest BCUT2D eigenvalue weighted by molar-refractivity contribution is 7.98. The molecule has 2 heterocycles. The smallest absolute Gasteiger partial charge is 0.251 e. The first-order valence-corrected chi connectivity index (χ1v) is 13.4. The van der Waals surface area contributed by atoms with Crippen LogP contribution >= 0.6 is 23.1 Å². The second-order valence-electron chi connectivity index (χ2n) is 8.11. The Hall–Kier alpha value is -3.95. The van der Waals surface area contributed by atoms with Crippen LogP contribution in [0.25, 0.3) is 16.4 Å². The summed E-state index contributed by atoms with van der Waals surface area (Å²) in [5, 5.41) is 14.6. The molecule has 0 saturated carbocycles. The van der Waals surface area contributed by atoms with Gasteiger partial charge in [-0.1, -0.05) is 42.1 Å². The monoisotopic (exact) mass is 530 g/mol. The molecule has 37 heavy (non-hydrogen) atoms. The molecule has 0 aliphatic heterocycles. The van der Waals surface area contributed by atoms with Crippen LogP contribution in [0, 0.1) is 5.82 Å². The third-order valence-corrected chi connectivity index (χ3v) is 7.52. The summed E-state index contributed by atoms with van der Waals surface area (Å²) >= 11 is 3.19. The topological polar surface area (TPSA) is 69.0 Å². The van der Waals surface area contributed by atoms with Crippen LogP contribution in [-0.4, -0.2) is 27.8 Å². The quantitative estimate of drug-likeness (QED) is 0.225. The number of amides is 1. The number of benzene rings is 3. The van der Waals surface area contributed by atoms with Gasteiger partial charge in [-0.3, -0.25) is 9.36 Å². The minimum absolute atomic E-state index is 0.177. The maximum absolute atomic E-state index is 13.1. The number of thiophene rings is 1. The molecule has 3 aromatic carbocycles. The summed E-state index contributed by atoms with van der Waals surface area (Å²) in [5.74, 6) is 1.76. The van der Waals surface area contributed by atoms with Gasteiger partial charge in [0.1, 0.15) is 11.6 Å². The molecule has 1 amide bonds. The van der Waals surface area contributed by atoms with Crippen LogP contribution in [0.3, 0.4) is 0 Å². The maximum Gasteiger partial charge on any atom is 0.251 e. The van der Waals surface area contributed by atoms with Gasteiger partial charge in [-0.05, 0) is 71.1 Å². The van der Waals surface area contributed by atoms with Gasteiger partial charge in [0.2, 0.25) is 0 Å². The number of hydrogen-bond donors (Lipinski definition) is 1. The summed E-state index contributed by atoms with van der Waals surface area (Å²) < 4.78 is 20.4. The Balaban J connectivity index is 1.28. The molecule has 0 radical (unpaired) electrons. The molecular weight excluding hydrogens is 507 g/mol. The molecule has 186 valence electrons. The fourth-order valence-electron chi connectivity index (χ4n) is 3.68. The van der Waals surface area contributed by atoms with Gasteiger partial charge in [-0.15, -0.1) is 21.5 Å². The number of ether oxygens (including phenoxy) is 1. The van der Waals surface area contributed by atoms with Gasteiger partial charge in [0.05, 0.1) is 17.7 Å². The van der Waals surface area contributed by atoms with Gasteiger partial charge >= 0.3 is 0 Å². The van der Waals surface area contributed by atoms with Crippen molar-refractivity contribution in [2.45, 2.75) is 17.5 Å². The Morgan fingerprint density at radius 1 is 0.973 bits per heavy atom. The number of thioether (sulfide) groups is 1. The first-order valence-electron chi connectivity index (χ1n) is 11.5. The summed E-state index contributed by atoms with van der Waals surface area (Å²) in [4.78, 5) is 13.6. The molecule has 2 aromatic heterocycles. The van der Waals surface area contributed by atoms with E-state index < -0.39 is 0 Å². The predicted molar refractivity (Wildman–Crippen MR) is 145 cm³/mol. The van der Waals surface area contributed by atoms with Gasteiger partial charge in [0, 0.05) is 17.9 Å². The zero-order valence-corrected chi connectivity index (χ0v) is 21.6. The Morgan fingerprint density at radius 2 is 1.70 bits per heavy atom. The Morgan fingerprint density at radius 3 is 2.38 bits per heavy atom. The van der Waals surface area contributed by atoms with E-state index >= 15 is 0 Å². The summed E-state index contributed by atoms with van der Waals surface area (Å²) in [6.45, 7) is 0.338. The predicted octanol–water partition coefficient (Wildman–Crippen LogP) is 6.37. The Kier molecular flexibility index (Phi) is 7.62. The van der Waals surface area contributed by atoms with Crippen molar-refractivity contribution in [3.05, 3.63) is 113 Å². The molecule has 0 bridgehead atoms. The van der Waals surface area contributed by atoms with Crippen molar-refractivity contribution < 1.29 is 13.9 Å². The van der Waals surface area contributed by atoms with Crippen molar-refractivity contribution in [2.24, 2.45) is 0 Å². The molecule has 0 unspecified atom stereocenters. The first-order chi connectivity index (χ1) is 18.1. The van der Waals surface area contributed by atoms with E-state index in [9.17, 15) is 9.18 Å². The van der Waals surface area contributed by atoms with Gasteiger partial charge in [0.15, 0.2) is 11.0 Å². The number of aromatic nitrogens is 3. The molecule has 0 spiro atoms.